The lowest BCUT2D eigenvalue weighted by atomic mass is 10.0. The summed E-state index contributed by atoms with van der Waals surface area (Å²) < 4.78 is 6.11. The standard InChI is InChI=1S/C42H60N2OS/c1-3-5-7-8-9-10-11-12-13-14-15-16-17-18-19-20-21-22-32-45-38-30-28-37(29-31-38)42-41(43-39-33-46-34-40(39)44-42)36-26-24-35(25-27-36)23-6-4-2/h24-31,33-34H,3-23,32H2,1-2H3. The van der Waals surface area contributed by atoms with Crippen LogP contribution in [0.25, 0.3) is 33.5 Å². The fourth-order valence-electron chi connectivity index (χ4n) is 6.31. The second-order valence-electron chi connectivity index (χ2n) is 13.2. The highest BCUT2D eigenvalue weighted by atomic mass is 32.1. The fraction of sp³-hybridized carbons (Fsp3) is 0.571. The van der Waals surface area contributed by atoms with Crippen LogP contribution in [-0.2, 0) is 6.42 Å². The SMILES string of the molecule is CCCCCCCCCCCCCCCCCCCCOc1ccc(-c2nc3cscc3nc2-c2ccc(CCCC)cc2)cc1. The summed E-state index contributed by atoms with van der Waals surface area (Å²) in [6, 6.07) is 17.3. The summed E-state index contributed by atoms with van der Waals surface area (Å²) in [5.41, 5.74) is 7.37. The summed E-state index contributed by atoms with van der Waals surface area (Å²) in [6.07, 6.45) is 28.7. The number of nitrogens with zero attached hydrogens (tertiary/aromatic N) is 2. The third-order valence-electron chi connectivity index (χ3n) is 9.25. The summed E-state index contributed by atoms with van der Waals surface area (Å²) in [6.45, 7) is 5.32. The molecule has 0 atom stereocenters. The van der Waals surface area contributed by atoms with Gasteiger partial charge in [0.1, 0.15) is 16.8 Å². The molecule has 46 heavy (non-hydrogen) atoms. The van der Waals surface area contributed by atoms with E-state index in [-0.39, 0.29) is 0 Å². The number of thiophene rings is 1. The maximum Gasteiger partial charge on any atom is 0.119 e. The van der Waals surface area contributed by atoms with Gasteiger partial charge < -0.3 is 4.74 Å². The smallest absolute Gasteiger partial charge is 0.119 e. The number of fused-ring (bicyclic) bond motifs is 1. The molecule has 0 bridgehead atoms. The molecule has 0 aliphatic rings. The van der Waals surface area contributed by atoms with Crippen LogP contribution < -0.4 is 4.74 Å². The molecule has 2 aromatic heterocycles. The number of ether oxygens (including phenoxy) is 1. The van der Waals surface area contributed by atoms with Gasteiger partial charge in [0.25, 0.3) is 0 Å². The van der Waals surface area contributed by atoms with Gasteiger partial charge in [-0.25, -0.2) is 9.97 Å². The lowest BCUT2D eigenvalue weighted by Gasteiger charge is -2.11. The summed E-state index contributed by atoms with van der Waals surface area (Å²) in [5, 5.41) is 4.17. The number of unbranched alkanes of at least 4 members (excludes halogenated alkanes) is 18. The van der Waals surface area contributed by atoms with Crippen LogP contribution in [0.5, 0.6) is 5.75 Å². The first kappa shape index (κ1) is 36.1. The molecule has 0 unspecified atom stereocenters. The van der Waals surface area contributed by atoms with Crippen molar-refractivity contribution >= 4 is 22.4 Å². The average molecular weight is 641 g/mol. The predicted octanol–water partition coefficient (Wildman–Crippen LogP) is 13.8. The Hall–Kier alpha value is -2.72. The molecule has 0 saturated carbocycles. The molecule has 0 N–H and O–H groups in total. The van der Waals surface area contributed by atoms with Gasteiger partial charge in [0, 0.05) is 21.9 Å². The van der Waals surface area contributed by atoms with E-state index in [2.05, 4.69) is 73.1 Å². The van der Waals surface area contributed by atoms with E-state index >= 15 is 0 Å². The lowest BCUT2D eigenvalue weighted by molar-refractivity contribution is 0.304. The lowest BCUT2D eigenvalue weighted by Crippen LogP contribution is -1.98. The van der Waals surface area contributed by atoms with Crippen LogP contribution in [0, 0.1) is 0 Å². The van der Waals surface area contributed by atoms with Crippen LogP contribution in [0.15, 0.2) is 59.3 Å². The topological polar surface area (TPSA) is 35.0 Å². The average Bonchev–Trinajstić information content (AvgIpc) is 3.56. The van der Waals surface area contributed by atoms with E-state index in [1.54, 1.807) is 11.3 Å². The number of aromatic nitrogens is 2. The minimum Gasteiger partial charge on any atom is -0.494 e. The Balaban J connectivity index is 1.09. The van der Waals surface area contributed by atoms with Crippen molar-refractivity contribution in [3.63, 3.8) is 0 Å². The Morgan fingerprint density at radius 1 is 0.478 bits per heavy atom. The summed E-state index contributed by atoms with van der Waals surface area (Å²) in [4.78, 5) is 10.1. The Kier molecular flexibility index (Phi) is 17.2. The van der Waals surface area contributed by atoms with Gasteiger partial charge >= 0.3 is 0 Å². The normalized spacial score (nSPS) is 11.4. The molecule has 3 nitrogen and oxygen atoms in total. The minimum atomic E-state index is 0.786. The van der Waals surface area contributed by atoms with E-state index in [9.17, 15) is 0 Å². The van der Waals surface area contributed by atoms with Crippen molar-refractivity contribution in [1.82, 2.24) is 9.97 Å². The quantitative estimate of drug-likeness (QED) is 0.0676. The molecular weight excluding hydrogens is 581 g/mol. The maximum atomic E-state index is 6.11. The Bertz CT molecular complexity index is 1340. The van der Waals surface area contributed by atoms with E-state index in [0.717, 1.165) is 58.7 Å². The molecule has 0 fully saturated rings. The van der Waals surface area contributed by atoms with Crippen molar-refractivity contribution < 1.29 is 4.74 Å². The van der Waals surface area contributed by atoms with Crippen LogP contribution >= 0.6 is 11.3 Å². The van der Waals surface area contributed by atoms with Crippen molar-refractivity contribution in [1.29, 1.82) is 0 Å². The first-order valence-corrected chi connectivity index (χ1v) is 19.8. The van der Waals surface area contributed by atoms with Gasteiger partial charge in [-0.15, -0.1) is 11.3 Å². The number of aryl methyl sites for hydroxylation is 1. The molecule has 0 amide bonds. The highest BCUT2D eigenvalue weighted by Crippen LogP contribution is 2.33. The largest absolute Gasteiger partial charge is 0.494 e. The molecule has 4 aromatic rings. The van der Waals surface area contributed by atoms with E-state index in [0.29, 0.717) is 0 Å². The predicted molar refractivity (Wildman–Crippen MR) is 201 cm³/mol. The van der Waals surface area contributed by atoms with Gasteiger partial charge in [-0.05, 0) is 49.1 Å². The molecule has 250 valence electrons. The van der Waals surface area contributed by atoms with Gasteiger partial charge in [0.2, 0.25) is 0 Å². The zero-order chi connectivity index (χ0) is 32.1. The van der Waals surface area contributed by atoms with E-state index in [1.807, 2.05) is 0 Å². The van der Waals surface area contributed by atoms with Crippen LogP contribution in [0.2, 0.25) is 0 Å². The molecule has 0 aliphatic carbocycles. The summed E-state index contributed by atoms with van der Waals surface area (Å²) in [5.74, 6) is 0.933. The van der Waals surface area contributed by atoms with Crippen molar-refractivity contribution in [3.8, 4) is 28.3 Å². The minimum absolute atomic E-state index is 0.786. The number of hydrogen-bond acceptors (Lipinski definition) is 4. The third kappa shape index (κ3) is 12.8. The highest BCUT2D eigenvalue weighted by Gasteiger charge is 2.14. The van der Waals surface area contributed by atoms with E-state index in [1.165, 1.54) is 128 Å². The second kappa shape index (κ2) is 22.0. The Morgan fingerprint density at radius 3 is 1.35 bits per heavy atom. The Labute approximate surface area is 284 Å². The van der Waals surface area contributed by atoms with Crippen LogP contribution in [-0.4, -0.2) is 16.6 Å². The molecule has 0 aliphatic heterocycles. The summed E-state index contributed by atoms with van der Waals surface area (Å²) >= 11 is 1.65. The zero-order valence-corrected chi connectivity index (χ0v) is 29.9. The molecule has 2 aromatic carbocycles. The van der Waals surface area contributed by atoms with Gasteiger partial charge in [-0.3, -0.25) is 0 Å². The first-order chi connectivity index (χ1) is 22.8. The summed E-state index contributed by atoms with van der Waals surface area (Å²) in [7, 11) is 0. The number of hydrogen-bond donors (Lipinski definition) is 0. The molecule has 2 heterocycles. The Morgan fingerprint density at radius 2 is 0.891 bits per heavy atom. The highest BCUT2D eigenvalue weighted by molar-refractivity contribution is 7.09. The fourth-order valence-corrected chi connectivity index (χ4v) is 6.99. The number of rotatable bonds is 25. The molecule has 0 saturated heterocycles. The second-order valence-corrected chi connectivity index (χ2v) is 14.0. The molecule has 4 heteroatoms. The van der Waals surface area contributed by atoms with E-state index in [4.69, 9.17) is 14.7 Å². The van der Waals surface area contributed by atoms with Crippen LogP contribution in [0.4, 0.5) is 0 Å². The van der Waals surface area contributed by atoms with Crippen molar-refractivity contribution in [2.24, 2.45) is 0 Å². The zero-order valence-electron chi connectivity index (χ0n) is 29.0. The van der Waals surface area contributed by atoms with Crippen molar-refractivity contribution in [2.45, 2.75) is 149 Å². The third-order valence-corrected chi connectivity index (χ3v) is 9.97. The molecule has 4 rings (SSSR count). The number of benzene rings is 2. The van der Waals surface area contributed by atoms with Crippen LogP contribution in [0.3, 0.4) is 0 Å². The van der Waals surface area contributed by atoms with Crippen molar-refractivity contribution in [2.75, 3.05) is 6.61 Å². The first-order valence-electron chi connectivity index (χ1n) is 18.8. The van der Waals surface area contributed by atoms with Gasteiger partial charge in [-0.2, -0.15) is 0 Å². The van der Waals surface area contributed by atoms with Crippen LogP contribution in [0.1, 0.15) is 148 Å². The monoisotopic (exact) mass is 640 g/mol. The maximum absolute atomic E-state index is 6.11. The van der Waals surface area contributed by atoms with Gasteiger partial charge in [0.15, 0.2) is 0 Å². The molecule has 0 spiro atoms. The molecule has 0 radical (unpaired) electrons. The van der Waals surface area contributed by atoms with Crippen molar-refractivity contribution in [3.05, 3.63) is 64.9 Å². The van der Waals surface area contributed by atoms with Gasteiger partial charge in [0.05, 0.1) is 18.0 Å². The van der Waals surface area contributed by atoms with E-state index < -0.39 is 0 Å². The van der Waals surface area contributed by atoms with Gasteiger partial charge in [-0.1, -0.05) is 154 Å². The molecular formula is C42H60N2OS.